The number of pyridine rings is 1. The molecule has 3 heterocycles. The van der Waals surface area contributed by atoms with Crippen LogP contribution in [0.4, 0.5) is 11.4 Å². The van der Waals surface area contributed by atoms with Gasteiger partial charge in [-0.05, 0) is 55.7 Å². The molecule has 2 aliphatic heterocycles. The van der Waals surface area contributed by atoms with Crippen molar-refractivity contribution in [2.75, 3.05) is 49.5 Å². The molecule has 0 aliphatic carbocycles. The van der Waals surface area contributed by atoms with Crippen molar-refractivity contribution < 1.29 is 4.74 Å². The van der Waals surface area contributed by atoms with E-state index in [1.165, 1.54) is 0 Å². The Bertz CT molecular complexity index is 1320. The van der Waals surface area contributed by atoms with Crippen LogP contribution in [0.5, 0.6) is 5.75 Å². The summed E-state index contributed by atoms with van der Waals surface area (Å²) in [7, 11) is 0. The van der Waals surface area contributed by atoms with Gasteiger partial charge < -0.3 is 19.9 Å². The van der Waals surface area contributed by atoms with E-state index in [4.69, 9.17) is 21.6 Å². The first-order chi connectivity index (χ1) is 16.6. The van der Waals surface area contributed by atoms with E-state index >= 15 is 0 Å². The first-order valence-corrected chi connectivity index (χ1v) is 12.2. The highest BCUT2D eigenvalue weighted by molar-refractivity contribution is 6.33. The number of aromatic nitrogens is 1. The number of H-pyrrole nitrogens is 1. The molecular weight excluding hydrogens is 450 g/mol. The fourth-order valence-corrected chi connectivity index (χ4v) is 5.30. The minimum atomic E-state index is -0.0118. The largest absolute Gasteiger partial charge is 0.493 e. The van der Waals surface area contributed by atoms with Crippen molar-refractivity contribution in [2.24, 2.45) is 0 Å². The molecule has 0 amide bonds. The number of fused-ring (bicyclic) bond motifs is 3. The quantitative estimate of drug-likeness (QED) is 0.574. The third-order valence-electron chi connectivity index (χ3n) is 6.64. The highest BCUT2D eigenvalue weighted by Gasteiger charge is 2.22. The highest BCUT2D eigenvalue weighted by atomic mass is 35.5. The molecule has 5 rings (SSSR count). The molecule has 1 aromatic heterocycles. The van der Waals surface area contributed by atoms with E-state index in [-0.39, 0.29) is 5.56 Å². The van der Waals surface area contributed by atoms with Gasteiger partial charge in [0.25, 0.3) is 5.56 Å². The Morgan fingerprint density at radius 2 is 2.00 bits per heavy atom. The number of hydrogen-bond donors (Lipinski definition) is 2. The number of anilines is 2. The Balaban J connectivity index is 1.36. The van der Waals surface area contributed by atoms with Crippen molar-refractivity contribution in [1.29, 1.82) is 5.26 Å². The summed E-state index contributed by atoms with van der Waals surface area (Å²) in [5.41, 5.74) is 5.22. The summed E-state index contributed by atoms with van der Waals surface area (Å²) in [4.78, 5) is 20.5. The monoisotopic (exact) mass is 477 g/mol. The molecule has 8 heteroatoms. The number of nitriles is 1. The number of nitrogens with zero attached hydrogens (tertiary/aromatic N) is 3. The molecule has 0 atom stereocenters. The van der Waals surface area contributed by atoms with Crippen LogP contribution in [-0.2, 0) is 13.0 Å². The van der Waals surface area contributed by atoms with Crippen molar-refractivity contribution >= 4 is 33.9 Å². The van der Waals surface area contributed by atoms with Gasteiger partial charge in [0.1, 0.15) is 5.75 Å². The van der Waals surface area contributed by atoms with Gasteiger partial charge in [-0.2, -0.15) is 5.26 Å². The molecule has 7 nitrogen and oxygen atoms in total. The second kappa shape index (κ2) is 9.57. The number of halogens is 1. The molecule has 0 unspecified atom stereocenters. The first kappa shape index (κ1) is 22.6. The number of aromatic amines is 1. The predicted molar refractivity (Wildman–Crippen MR) is 136 cm³/mol. The molecule has 34 heavy (non-hydrogen) atoms. The lowest BCUT2D eigenvalue weighted by Gasteiger charge is -2.36. The zero-order valence-electron chi connectivity index (χ0n) is 19.3. The number of hydrogen-bond acceptors (Lipinski definition) is 6. The van der Waals surface area contributed by atoms with Crippen LogP contribution in [-0.4, -0.2) is 49.2 Å². The van der Waals surface area contributed by atoms with Crippen LogP contribution < -0.4 is 20.5 Å². The summed E-state index contributed by atoms with van der Waals surface area (Å²) >= 11 is 6.42. The van der Waals surface area contributed by atoms with Gasteiger partial charge in [-0.15, -0.1) is 0 Å². The standard InChI is InChI=1S/C26H28ClN5O2/c1-2-34-23-14-18(13-21-24(23)25-19(26(33)30-21)4-3-7-29-25)16-31-8-10-32(11-9-31)22-6-5-17(15-28)12-20(22)27/h5-6,12-14,29H,2-4,7-11,16H2,1H3,(H,30,33). The zero-order valence-corrected chi connectivity index (χ0v) is 20.0. The fraction of sp³-hybridized carbons (Fsp3) is 0.385. The maximum Gasteiger partial charge on any atom is 0.253 e. The highest BCUT2D eigenvalue weighted by Crippen LogP contribution is 2.36. The summed E-state index contributed by atoms with van der Waals surface area (Å²) < 4.78 is 6.04. The fourth-order valence-electron chi connectivity index (χ4n) is 5.00. The summed E-state index contributed by atoms with van der Waals surface area (Å²) in [6.07, 6.45) is 1.75. The summed E-state index contributed by atoms with van der Waals surface area (Å²) in [6.45, 7) is 7.68. The van der Waals surface area contributed by atoms with Crippen LogP contribution in [0.25, 0.3) is 10.9 Å². The lowest BCUT2D eigenvalue weighted by atomic mass is 9.99. The predicted octanol–water partition coefficient (Wildman–Crippen LogP) is 4.13. The van der Waals surface area contributed by atoms with Gasteiger partial charge >= 0.3 is 0 Å². The van der Waals surface area contributed by atoms with Gasteiger partial charge in [-0.3, -0.25) is 9.69 Å². The molecule has 0 spiro atoms. The lowest BCUT2D eigenvalue weighted by Crippen LogP contribution is -2.46. The molecule has 2 aliphatic rings. The number of ether oxygens (including phenoxy) is 1. The second-order valence-electron chi connectivity index (χ2n) is 8.83. The van der Waals surface area contributed by atoms with E-state index in [0.717, 1.165) is 91.3 Å². The third-order valence-corrected chi connectivity index (χ3v) is 6.94. The Hall–Kier alpha value is -3.21. The van der Waals surface area contributed by atoms with E-state index in [0.29, 0.717) is 17.2 Å². The molecular formula is C26H28ClN5O2. The third kappa shape index (κ3) is 4.31. The molecule has 0 radical (unpaired) electrons. The maximum atomic E-state index is 12.7. The molecule has 3 aromatic rings. The normalized spacial score (nSPS) is 16.1. The van der Waals surface area contributed by atoms with Crippen LogP contribution in [0.15, 0.2) is 35.1 Å². The van der Waals surface area contributed by atoms with Gasteiger partial charge in [0.05, 0.1) is 45.5 Å². The van der Waals surface area contributed by atoms with Gasteiger partial charge in [-0.25, -0.2) is 0 Å². The minimum absolute atomic E-state index is 0.0118. The van der Waals surface area contributed by atoms with E-state index in [1.807, 2.05) is 19.1 Å². The summed E-state index contributed by atoms with van der Waals surface area (Å²) in [5, 5.41) is 14.1. The number of benzene rings is 2. The SMILES string of the molecule is CCOc1cc(CN2CCN(c3ccc(C#N)cc3Cl)CC2)cc2[nH]c(=O)c3c(c12)NCCC3. The van der Waals surface area contributed by atoms with Gasteiger partial charge in [0.2, 0.25) is 0 Å². The topological polar surface area (TPSA) is 84.4 Å². The van der Waals surface area contributed by atoms with Gasteiger partial charge in [-0.1, -0.05) is 11.6 Å². The first-order valence-electron chi connectivity index (χ1n) is 11.8. The van der Waals surface area contributed by atoms with Crippen molar-refractivity contribution in [2.45, 2.75) is 26.3 Å². The number of rotatable bonds is 5. The summed E-state index contributed by atoms with van der Waals surface area (Å²) in [5.74, 6) is 0.819. The van der Waals surface area contributed by atoms with E-state index in [9.17, 15) is 4.79 Å². The average Bonchev–Trinajstić information content (AvgIpc) is 2.85. The molecule has 176 valence electrons. The van der Waals surface area contributed by atoms with Crippen molar-refractivity contribution in [3.05, 3.63) is 62.4 Å². The molecule has 0 saturated carbocycles. The van der Waals surface area contributed by atoms with E-state index in [1.54, 1.807) is 6.07 Å². The molecule has 1 saturated heterocycles. The number of piperazine rings is 1. The van der Waals surface area contributed by atoms with Crippen LogP contribution in [0.1, 0.15) is 30.0 Å². The zero-order chi connectivity index (χ0) is 23.7. The van der Waals surface area contributed by atoms with Crippen LogP contribution in [0.3, 0.4) is 0 Å². The van der Waals surface area contributed by atoms with Gasteiger partial charge in [0.15, 0.2) is 0 Å². The van der Waals surface area contributed by atoms with E-state index < -0.39 is 0 Å². The Morgan fingerprint density at radius 3 is 2.74 bits per heavy atom. The van der Waals surface area contributed by atoms with Gasteiger partial charge in [0, 0.05) is 44.8 Å². The van der Waals surface area contributed by atoms with Crippen molar-refractivity contribution in [3.63, 3.8) is 0 Å². The average molecular weight is 478 g/mol. The van der Waals surface area contributed by atoms with E-state index in [2.05, 4.69) is 38.3 Å². The maximum absolute atomic E-state index is 12.7. The van der Waals surface area contributed by atoms with Crippen LogP contribution in [0.2, 0.25) is 5.02 Å². The number of nitrogens with one attached hydrogen (secondary N) is 2. The van der Waals surface area contributed by atoms with Crippen LogP contribution >= 0.6 is 11.6 Å². The molecule has 1 fully saturated rings. The molecule has 2 N–H and O–H groups in total. The molecule has 0 bridgehead atoms. The second-order valence-corrected chi connectivity index (χ2v) is 9.24. The Morgan fingerprint density at radius 1 is 1.18 bits per heavy atom. The van der Waals surface area contributed by atoms with Crippen molar-refractivity contribution in [1.82, 2.24) is 9.88 Å². The summed E-state index contributed by atoms with van der Waals surface area (Å²) in [6, 6.07) is 11.8. The lowest BCUT2D eigenvalue weighted by molar-refractivity contribution is 0.249. The Labute approximate surface area is 203 Å². The smallest absolute Gasteiger partial charge is 0.253 e. The van der Waals surface area contributed by atoms with Crippen molar-refractivity contribution in [3.8, 4) is 11.8 Å². The molecule has 2 aromatic carbocycles. The Kier molecular flexibility index (Phi) is 6.36. The van der Waals surface area contributed by atoms with Crippen LogP contribution in [0, 0.1) is 11.3 Å². The minimum Gasteiger partial charge on any atom is -0.493 e.